The normalized spacial score (nSPS) is 17.0. The molecule has 0 saturated heterocycles. The number of ether oxygens (including phenoxy) is 1. The number of hydrogen-bond donors (Lipinski definition) is 1. The van der Waals surface area contributed by atoms with E-state index < -0.39 is 0 Å². The summed E-state index contributed by atoms with van der Waals surface area (Å²) < 4.78 is 7.73. The van der Waals surface area contributed by atoms with Crippen LogP contribution in [-0.2, 0) is 23.0 Å². The molecule has 0 bridgehead atoms. The summed E-state index contributed by atoms with van der Waals surface area (Å²) in [6.45, 7) is 12.5. The number of nitrogens with zero attached hydrogens (tertiary/aromatic N) is 2. The first-order valence-electron chi connectivity index (χ1n) is 11.1. The Kier molecular flexibility index (Phi) is 6.69. The number of fused-ring (bicyclic) bond motifs is 1. The third-order valence-corrected chi connectivity index (χ3v) is 5.97. The minimum atomic E-state index is -0.241. The maximum atomic E-state index is 13.4. The van der Waals surface area contributed by atoms with Gasteiger partial charge < -0.3 is 10.1 Å². The van der Waals surface area contributed by atoms with E-state index >= 15 is 0 Å². The summed E-state index contributed by atoms with van der Waals surface area (Å²) in [6.07, 6.45) is 2.54. The molecular weight excluding hydrogens is 374 g/mol. The molecule has 0 radical (unpaired) electrons. The topological polar surface area (TPSA) is 56.2 Å². The number of nitrogens with one attached hydrogen (secondary N) is 1. The van der Waals surface area contributed by atoms with Gasteiger partial charge in [0, 0.05) is 24.2 Å². The molecule has 162 valence electrons. The molecule has 1 aliphatic rings. The van der Waals surface area contributed by atoms with Crippen LogP contribution in [0.3, 0.4) is 0 Å². The van der Waals surface area contributed by atoms with Crippen LogP contribution in [0.25, 0.3) is 0 Å². The standard InChI is InChI=1S/C25H35N3O2/c1-8-12-20-23-22(19-14-11-10-13-18(19)15(3)4)21(25(29)30-16(5)9-2)17(6)26-24(23)28(7)27-20/h10-11,13-16,22,26H,8-9,12H2,1-7H3. The zero-order valence-electron chi connectivity index (χ0n) is 19.4. The minimum Gasteiger partial charge on any atom is -0.459 e. The molecule has 2 heterocycles. The van der Waals surface area contributed by atoms with Gasteiger partial charge in [0.2, 0.25) is 0 Å². The van der Waals surface area contributed by atoms with Crippen molar-refractivity contribution in [3.05, 3.63) is 57.9 Å². The summed E-state index contributed by atoms with van der Waals surface area (Å²) in [4.78, 5) is 13.4. The Morgan fingerprint density at radius 3 is 2.57 bits per heavy atom. The van der Waals surface area contributed by atoms with Crippen molar-refractivity contribution in [2.75, 3.05) is 5.32 Å². The lowest BCUT2D eigenvalue weighted by atomic mass is 9.77. The van der Waals surface area contributed by atoms with E-state index in [1.54, 1.807) is 0 Å². The number of aryl methyl sites for hydroxylation is 2. The zero-order valence-corrected chi connectivity index (χ0v) is 19.4. The fraction of sp³-hybridized carbons (Fsp3) is 0.520. The van der Waals surface area contributed by atoms with Crippen LogP contribution in [0.2, 0.25) is 0 Å². The van der Waals surface area contributed by atoms with E-state index in [9.17, 15) is 4.79 Å². The quantitative estimate of drug-likeness (QED) is 0.599. The Morgan fingerprint density at radius 2 is 1.93 bits per heavy atom. The number of aromatic nitrogens is 2. The van der Waals surface area contributed by atoms with Crippen LogP contribution in [0, 0.1) is 0 Å². The summed E-state index contributed by atoms with van der Waals surface area (Å²) in [7, 11) is 1.96. The van der Waals surface area contributed by atoms with E-state index in [1.807, 2.05) is 32.5 Å². The van der Waals surface area contributed by atoms with Crippen LogP contribution in [0.15, 0.2) is 35.5 Å². The summed E-state index contributed by atoms with van der Waals surface area (Å²) in [5.74, 6) is 0.888. The lowest BCUT2D eigenvalue weighted by Crippen LogP contribution is -2.27. The molecule has 3 rings (SSSR count). The first-order chi connectivity index (χ1) is 14.3. The molecule has 2 atom stereocenters. The van der Waals surface area contributed by atoms with Gasteiger partial charge in [0.1, 0.15) is 5.82 Å². The van der Waals surface area contributed by atoms with Crippen molar-refractivity contribution in [3.8, 4) is 0 Å². The Balaban J connectivity index is 2.26. The van der Waals surface area contributed by atoms with Crippen molar-refractivity contribution in [2.24, 2.45) is 7.05 Å². The molecular formula is C25H35N3O2. The number of hydrogen-bond acceptors (Lipinski definition) is 4. The Labute approximate surface area is 180 Å². The third-order valence-electron chi connectivity index (χ3n) is 5.97. The van der Waals surface area contributed by atoms with Crippen molar-refractivity contribution in [1.29, 1.82) is 0 Å². The second kappa shape index (κ2) is 9.07. The highest BCUT2D eigenvalue weighted by Gasteiger charge is 2.38. The molecule has 0 fully saturated rings. The monoisotopic (exact) mass is 409 g/mol. The summed E-state index contributed by atoms with van der Waals surface area (Å²) >= 11 is 0. The van der Waals surface area contributed by atoms with Crippen LogP contribution in [0.1, 0.15) is 88.6 Å². The number of carbonyl (C=O) groups excluding carboxylic acids is 1. The average Bonchev–Trinajstić information content (AvgIpc) is 3.02. The van der Waals surface area contributed by atoms with Gasteiger partial charge in [-0.05, 0) is 43.7 Å². The fourth-order valence-corrected chi connectivity index (χ4v) is 4.29. The van der Waals surface area contributed by atoms with Gasteiger partial charge in [-0.25, -0.2) is 4.79 Å². The van der Waals surface area contributed by atoms with Gasteiger partial charge in [-0.2, -0.15) is 5.10 Å². The van der Waals surface area contributed by atoms with Gasteiger partial charge >= 0.3 is 5.97 Å². The van der Waals surface area contributed by atoms with Crippen molar-refractivity contribution in [2.45, 2.75) is 78.7 Å². The predicted octanol–water partition coefficient (Wildman–Crippen LogP) is 5.67. The first-order valence-corrected chi connectivity index (χ1v) is 11.1. The maximum absolute atomic E-state index is 13.4. The van der Waals surface area contributed by atoms with E-state index in [0.717, 1.165) is 47.6 Å². The molecule has 5 nitrogen and oxygen atoms in total. The lowest BCUT2D eigenvalue weighted by molar-refractivity contribution is -0.143. The Hall–Kier alpha value is -2.56. The molecule has 1 aromatic heterocycles. The molecule has 2 unspecified atom stereocenters. The van der Waals surface area contributed by atoms with E-state index in [2.05, 4.69) is 50.4 Å². The number of benzene rings is 1. The molecule has 0 saturated carbocycles. The number of allylic oxidation sites excluding steroid dienone is 1. The third kappa shape index (κ3) is 4.03. The van der Waals surface area contributed by atoms with Crippen molar-refractivity contribution in [3.63, 3.8) is 0 Å². The van der Waals surface area contributed by atoms with Crippen molar-refractivity contribution < 1.29 is 9.53 Å². The average molecular weight is 410 g/mol. The van der Waals surface area contributed by atoms with Gasteiger partial charge in [-0.3, -0.25) is 4.68 Å². The van der Waals surface area contributed by atoms with Crippen LogP contribution in [-0.4, -0.2) is 21.9 Å². The van der Waals surface area contributed by atoms with E-state index in [1.165, 1.54) is 5.56 Å². The van der Waals surface area contributed by atoms with Gasteiger partial charge in [-0.1, -0.05) is 58.4 Å². The highest BCUT2D eigenvalue weighted by molar-refractivity contribution is 5.95. The first kappa shape index (κ1) is 22.1. The summed E-state index contributed by atoms with van der Waals surface area (Å²) in [5.41, 5.74) is 6.10. The molecule has 2 aromatic rings. The maximum Gasteiger partial charge on any atom is 0.337 e. The number of carbonyl (C=O) groups is 1. The highest BCUT2D eigenvalue weighted by Crippen LogP contribution is 2.46. The Morgan fingerprint density at radius 1 is 1.23 bits per heavy atom. The molecule has 1 aliphatic heterocycles. The lowest BCUT2D eigenvalue weighted by Gasteiger charge is -2.31. The SMILES string of the molecule is CCCc1nn(C)c2c1C(c1ccccc1C(C)C)C(C(=O)OC(C)CC)=C(C)N2. The second-order valence-corrected chi connectivity index (χ2v) is 8.59. The molecule has 30 heavy (non-hydrogen) atoms. The molecule has 0 aliphatic carbocycles. The van der Waals surface area contributed by atoms with Gasteiger partial charge in [0.15, 0.2) is 0 Å². The van der Waals surface area contributed by atoms with Crippen LogP contribution in [0.5, 0.6) is 0 Å². The fourth-order valence-electron chi connectivity index (χ4n) is 4.29. The molecule has 5 heteroatoms. The smallest absolute Gasteiger partial charge is 0.337 e. The molecule has 0 spiro atoms. The minimum absolute atomic E-state index is 0.121. The van der Waals surface area contributed by atoms with Crippen LogP contribution >= 0.6 is 0 Å². The second-order valence-electron chi connectivity index (χ2n) is 8.59. The van der Waals surface area contributed by atoms with E-state index in [4.69, 9.17) is 9.84 Å². The van der Waals surface area contributed by atoms with Crippen molar-refractivity contribution >= 4 is 11.8 Å². The largest absolute Gasteiger partial charge is 0.459 e. The predicted molar refractivity (Wildman–Crippen MR) is 122 cm³/mol. The van der Waals surface area contributed by atoms with E-state index in [0.29, 0.717) is 11.5 Å². The van der Waals surface area contributed by atoms with Crippen LogP contribution < -0.4 is 5.32 Å². The summed E-state index contributed by atoms with van der Waals surface area (Å²) in [5, 5.41) is 8.27. The molecule has 1 N–H and O–H groups in total. The number of esters is 1. The Bertz CT molecular complexity index is 955. The van der Waals surface area contributed by atoms with Crippen molar-refractivity contribution in [1.82, 2.24) is 9.78 Å². The van der Waals surface area contributed by atoms with E-state index in [-0.39, 0.29) is 18.0 Å². The van der Waals surface area contributed by atoms with Gasteiger partial charge in [0.25, 0.3) is 0 Å². The van der Waals surface area contributed by atoms with Gasteiger partial charge in [-0.15, -0.1) is 0 Å². The van der Waals surface area contributed by atoms with Gasteiger partial charge in [0.05, 0.1) is 17.4 Å². The number of rotatable bonds is 7. The molecule has 0 amide bonds. The highest BCUT2D eigenvalue weighted by atomic mass is 16.5. The van der Waals surface area contributed by atoms with Crippen LogP contribution in [0.4, 0.5) is 5.82 Å². The molecule has 1 aromatic carbocycles. The zero-order chi connectivity index (χ0) is 22.0. The number of anilines is 1. The summed E-state index contributed by atoms with van der Waals surface area (Å²) in [6, 6.07) is 8.46.